The lowest BCUT2D eigenvalue weighted by atomic mass is 10.0. The molecule has 0 fully saturated rings. The first-order chi connectivity index (χ1) is 33.5. The molecule has 0 heterocycles. The number of carbonyl (C=O) groups is 3. The minimum atomic E-state index is -0.774. The number of carbonyl (C=O) groups excluding carboxylic acids is 3. The summed E-state index contributed by atoms with van der Waals surface area (Å²) in [4.78, 5) is 38.2. The van der Waals surface area contributed by atoms with Crippen molar-refractivity contribution in [3.05, 3.63) is 36.5 Å². The van der Waals surface area contributed by atoms with E-state index in [-0.39, 0.29) is 31.1 Å². The van der Waals surface area contributed by atoms with Crippen LogP contribution in [-0.4, -0.2) is 37.2 Å². The molecule has 0 rings (SSSR count). The number of allylic oxidation sites excluding steroid dienone is 6. The highest BCUT2D eigenvalue weighted by molar-refractivity contribution is 5.71. The third-order valence-corrected chi connectivity index (χ3v) is 13.4. The van der Waals surface area contributed by atoms with Gasteiger partial charge in [-0.15, -0.1) is 0 Å². The summed E-state index contributed by atoms with van der Waals surface area (Å²) in [6.07, 6.45) is 68.5. The fourth-order valence-electron chi connectivity index (χ4n) is 8.82. The SMILES string of the molecule is CCCCC/C=C\C/C=C\CCCCCCCCCCCC(=O)OCC(COC(=O)CCCCCCC/C=C\CCCCCCC)OC(=O)CCCCCCCCCCCCCCCCCCC. The van der Waals surface area contributed by atoms with Crippen molar-refractivity contribution in [2.75, 3.05) is 13.2 Å². The Morgan fingerprint density at radius 2 is 0.529 bits per heavy atom. The molecule has 0 aromatic heterocycles. The van der Waals surface area contributed by atoms with E-state index in [4.69, 9.17) is 14.2 Å². The van der Waals surface area contributed by atoms with Crippen molar-refractivity contribution in [2.45, 2.75) is 329 Å². The normalized spacial score (nSPS) is 12.2. The van der Waals surface area contributed by atoms with Crippen LogP contribution in [0.3, 0.4) is 0 Å². The van der Waals surface area contributed by atoms with Crippen LogP contribution in [-0.2, 0) is 28.6 Å². The standard InChI is InChI=1S/C62H114O6/c1-4-7-10-13-16-19-22-25-28-30-31-33-34-37-40-43-46-49-52-55-61(64)67-58-59(57-66-60(63)54-51-48-45-42-39-36-27-24-21-18-15-12-9-6-3)68-62(65)56-53-50-47-44-41-38-35-32-29-26-23-20-17-14-11-8-5-2/h16,19,24-25,27-28,59H,4-15,17-18,20-23,26,29-58H2,1-3H3/b19-16-,27-24-,28-25-. The van der Waals surface area contributed by atoms with Crippen LogP contribution in [0.1, 0.15) is 323 Å². The molecule has 0 aliphatic heterocycles. The van der Waals surface area contributed by atoms with E-state index in [0.717, 1.165) is 70.6 Å². The summed E-state index contributed by atoms with van der Waals surface area (Å²) >= 11 is 0. The van der Waals surface area contributed by atoms with Gasteiger partial charge in [-0.2, -0.15) is 0 Å². The average molecular weight is 956 g/mol. The van der Waals surface area contributed by atoms with E-state index in [1.165, 1.54) is 212 Å². The fraction of sp³-hybridized carbons (Fsp3) is 0.855. The van der Waals surface area contributed by atoms with Gasteiger partial charge in [-0.05, 0) is 77.0 Å². The van der Waals surface area contributed by atoms with Crippen molar-refractivity contribution in [1.82, 2.24) is 0 Å². The Kier molecular flexibility index (Phi) is 55.2. The first kappa shape index (κ1) is 65.6. The maximum Gasteiger partial charge on any atom is 0.306 e. The van der Waals surface area contributed by atoms with E-state index < -0.39 is 6.10 Å². The number of hydrogen-bond acceptors (Lipinski definition) is 6. The number of hydrogen-bond donors (Lipinski definition) is 0. The summed E-state index contributed by atoms with van der Waals surface area (Å²) in [5.74, 6) is -0.866. The summed E-state index contributed by atoms with van der Waals surface area (Å²) in [6, 6.07) is 0. The quantitative estimate of drug-likeness (QED) is 0.0262. The van der Waals surface area contributed by atoms with Crippen LogP contribution in [0.15, 0.2) is 36.5 Å². The molecule has 0 saturated heterocycles. The average Bonchev–Trinajstić information content (AvgIpc) is 3.34. The minimum absolute atomic E-state index is 0.0732. The van der Waals surface area contributed by atoms with Crippen LogP contribution < -0.4 is 0 Å². The van der Waals surface area contributed by atoms with Gasteiger partial charge in [0.25, 0.3) is 0 Å². The highest BCUT2D eigenvalue weighted by Crippen LogP contribution is 2.17. The summed E-state index contributed by atoms with van der Waals surface area (Å²) in [7, 11) is 0. The lowest BCUT2D eigenvalue weighted by molar-refractivity contribution is -0.167. The maximum atomic E-state index is 12.9. The first-order valence-corrected chi connectivity index (χ1v) is 30.0. The van der Waals surface area contributed by atoms with Gasteiger partial charge < -0.3 is 14.2 Å². The lowest BCUT2D eigenvalue weighted by Crippen LogP contribution is -2.30. The highest BCUT2D eigenvalue weighted by Gasteiger charge is 2.19. The third-order valence-electron chi connectivity index (χ3n) is 13.4. The summed E-state index contributed by atoms with van der Waals surface area (Å²) in [6.45, 7) is 6.64. The van der Waals surface area contributed by atoms with Crippen LogP contribution in [0.2, 0.25) is 0 Å². The third kappa shape index (κ3) is 54.6. The van der Waals surface area contributed by atoms with E-state index in [2.05, 4.69) is 57.2 Å². The summed E-state index contributed by atoms with van der Waals surface area (Å²) in [5.41, 5.74) is 0. The molecule has 6 nitrogen and oxygen atoms in total. The lowest BCUT2D eigenvalue weighted by Gasteiger charge is -2.18. The highest BCUT2D eigenvalue weighted by atomic mass is 16.6. The maximum absolute atomic E-state index is 12.9. The van der Waals surface area contributed by atoms with Crippen LogP contribution >= 0.6 is 0 Å². The first-order valence-electron chi connectivity index (χ1n) is 30.0. The van der Waals surface area contributed by atoms with E-state index in [9.17, 15) is 14.4 Å². The van der Waals surface area contributed by atoms with Crippen LogP contribution in [0.4, 0.5) is 0 Å². The second-order valence-corrected chi connectivity index (χ2v) is 20.3. The van der Waals surface area contributed by atoms with Crippen LogP contribution in [0.25, 0.3) is 0 Å². The minimum Gasteiger partial charge on any atom is -0.462 e. The molecule has 0 aliphatic rings. The molecule has 0 saturated carbocycles. The number of ether oxygens (including phenoxy) is 3. The molecular weight excluding hydrogens is 841 g/mol. The molecule has 0 aromatic rings. The van der Waals surface area contributed by atoms with E-state index >= 15 is 0 Å². The van der Waals surface area contributed by atoms with Gasteiger partial charge in [-0.1, -0.05) is 263 Å². The van der Waals surface area contributed by atoms with Crippen molar-refractivity contribution in [3.63, 3.8) is 0 Å². The van der Waals surface area contributed by atoms with E-state index in [0.29, 0.717) is 19.3 Å². The zero-order valence-corrected chi connectivity index (χ0v) is 45.6. The zero-order chi connectivity index (χ0) is 49.3. The molecule has 6 heteroatoms. The topological polar surface area (TPSA) is 78.9 Å². The van der Waals surface area contributed by atoms with Gasteiger partial charge in [0.2, 0.25) is 0 Å². The Hall–Kier alpha value is -2.37. The molecule has 398 valence electrons. The number of esters is 3. The molecular formula is C62H114O6. The Labute approximate surface area is 423 Å². The molecule has 0 bridgehead atoms. The van der Waals surface area contributed by atoms with Gasteiger partial charge in [0.05, 0.1) is 0 Å². The molecule has 0 amide bonds. The monoisotopic (exact) mass is 955 g/mol. The molecule has 0 N–H and O–H groups in total. The van der Waals surface area contributed by atoms with Crippen molar-refractivity contribution in [1.29, 1.82) is 0 Å². The van der Waals surface area contributed by atoms with Crippen LogP contribution in [0.5, 0.6) is 0 Å². The second-order valence-electron chi connectivity index (χ2n) is 20.3. The second kappa shape index (κ2) is 57.2. The van der Waals surface area contributed by atoms with Crippen molar-refractivity contribution in [2.24, 2.45) is 0 Å². The molecule has 0 spiro atoms. The number of rotatable bonds is 55. The fourth-order valence-corrected chi connectivity index (χ4v) is 8.82. The zero-order valence-electron chi connectivity index (χ0n) is 45.6. The van der Waals surface area contributed by atoms with Crippen molar-refractivity contribution in [3.8, 4) is 0 Å². The van der Waals surface area contributed by atoms with E-state index in [1.807, 2.05) is 0 Å². The van der Waals surface area contributed by atoms with E-state index in [1.54, 1.807) is 0 Å². The Morgan fingerprint density at radius 1 is 0.294 bits per heavy atom. The van der Waals surface area contributed by atoms with Gasteiger partial charge in [-0.3, -0.25) is 14.4 Å². The summed E-state index contributed by atoms with van der Waals surface area (Å²) in [5, 5.41) is 0. The predicted molar refractivity (Wildman–Crippen MR) is 293 cm³/mol. The van der Waals surface area contributed by atoms with Crippen molar-refractivity contribution >= 4 is 17.9 Å². The van der Waals surface area contributed by atoms with Crippen molar-refractivity contribution < 1.29 is 28.6 Å². The molecule has 1 unspecified atom stereocenters. The molecule has 0 radical (unpaired) electrons. The van der Waals surface area contributed by atoms with Gasteiger partial charge >= 0.3 is 17.9 Å². The Balaban J connectivity index is 4.34. The Morgan fingerprint density at radius 3 is 0.853 bits per heavy atom. The molecule has 0 aromatic carbocycles. The van der Waals surface area contributed by atoms with Gasteiger partial charge in [0.15, 0.2) is 6.10 Å². The summed E-state index contributed by atoms with van der Waals surface area (Å²) < 4.78 is 16.9. The van der Waals surface area contributed by atoms with Gasteiger partial charge in [0, 0.05) is 19.3 Å². The molecule has 1 atom stereocenters. The predicted octanol–water partition coefficient (Wildman–Crippen LogP) is 20.0. The van der Waals surface area contributed by atoms with Gasteiger partial charge in [0.1, 0.15) is 13.2 Å². The van der Waals surface area contributed by atoms with Gasteiger partial charge in [-0.25, -0.2) is 0 Å². The Bertz CT molecular complexity index is 1140. The molecule has 68 heavy (non-hydrogen) atoms. The number of unbranched alkanes of at least 4 members (excludes halogenated alkanes) is 38. The molecule has 0 aliphatic carbocycles. The van der Waals surface area contributed by atoms with Crippen LogP contribution in [0, 0.1) is 0 Å². The largest absolute Gasteiger partial charge is 0.462 e. The smallest absolute Gasteiger partial charge is 0.306 e.